The van der Waals surface area contributed by atoms with Gasteiger partial charge < -0.3 is 15.4 Å². The van der Waals surface area contributed by atoms with Crippen LogP contribution in [-0.2, 0) is 14.3 Å². The van der Waals surface area contributed by atoms with Crippen LogP contribution in [0.25, 0.3) is 0 Å². The molecular formula is C23H50N2O3. The molecule has 0 aromatic heterocycles. The second kappa shape index (κ2) is 11.2. The highest BCUT2D eigenvalue weighted by Gasteiger charge is 2.24. The highest BCUT2D eigenvalue weighted by molar-refractivity contribution is 5.81. The minimum Gasteiger partial charge on any atom is -0.370 e. The highest BCUT2D eigenvalue weighted by atomic mass is 16.5. The summed E-state index contributed by atoms with van der Waals surface area (Å²) in [7, 11) is 0. The first-order chi connectivity index (χ1) is 11.8. The lowest BCUT2D eigenvalue weighted by Crippen LogP contribution is -2.46. The van der Waals surface area contributed by atoms with Gasteiger partial charge in [0.05, 0.1) is 11.2 Å². The van der Waals surface area contributed by atoms with Crippen molar-refractivity contribution in [3.05, 3.63) is 0 Å². The van der Waals surface area contributed by atoms with Gasteiger partial charge in [0.2, 0.25) is 11.8 Å². The van der Waals surface area contributed by atoms with E-state index in [9.17, 15) is 9.59 Å². The molecule has 0 saturated carbocycles. The van der Waals surface area contributed by atoms with Gasteiger partial charge in [-0.3, -0.25) is 9.59 Å². The summed E-state index contributed by atoms with van der Waals surface area (Å²) in [5.74, 6) is 0.127. The van der Waals surface area contributed by atoms with Crippen LogP contribution in [0, 0.1) is 5.41 Å². The van der Waals surface area contributed by atoms with Crippen LogP contribution in [0.4, 0.5) is 0 Å². The lowest BCUT2D eigenvalue weighted by atomic mass is 9.94. The molecule has 0 aromatic rings. The molecule has 0 unspecified atom stereocenters. The zero-order valence-corrected chi connectivity index (χ0v) is 21.7. The average molecular weight is 403 g/mol. The van der Waals surface area contributed by atoms with Crippen LogP contribution >= 0.6 is 0 Å². The van der Waals surface area contributed by atoms with Crippen LogP contribution < -0.4 is 10.6 Å². The fraction of sp³-hybridized carbons (Fsp3) is 0.913. The molecule has 0 atom stereocenters. The largest absolute Gasteiger partial charge is 0.370 e. The molecule has 170 valence electrons. The van der Waals surface area contributed by atoms with Gasteiger partial charge >= 0.3 is 0 Å². The summed E-state index contributed by atoms with van der Waals surface area (Å²) in [6.45, 7) is 31.5. The Kier molecular flexibility index (Phi) is 12.6. The Hall–Kier alpha value is -1.10. The maximum absolute atomic E-state index is 11.4. The quantitative estimate of drug-likeness (QED) is 0.564. The van der Waals surface area contributed by atoms with Gasteiger partial charge in [0.1, 0.15) is 0 Å². The summed E-state index contributed by atoms with van der Waals surface area (Å²) in [6, 6.07) is 0. The van der Waals surface area contributed by atoms with Gasteiger partial charge in [-0.2, -0.15) is 0 Å². The fourth-order valence-electron chi connectivity index (χ4n) is 1.97. The molecule has 0 aliphatic heterocycles. The lowest BCUT2D eigenvalue weighted by molar-refractivity contribution is -0.130. The highest BCUT2D eigenvalue weighted by Crippen LogP contribution is 2.18. The van der Waals surface area contributed by atoms with Crippen molar-refractivity contribution < 1.29 is 14.3 Å². The summed E-state index contributed by atoms with van der Waals surface area (Å²) in [6.07, 6.45) is 0. The van der Waals surface area contributed by atoms with Gasteiger partial charge in [-0.25, -0.2) is 0 Å². The van der Waals surface area contributed by atoms with E-state index in [1.165, 1.54) is 6.92 Å². The van der Waals surface area contributed by atoms with E-state index in [1.807, 2.05) is 62.3 Å². The SMILES string of the molecule is CC(=O)NC(C)(C)C.CC(C)(C)NC(=O)C(C)(C)C.CC(C)(C)OC(C)(C)C. The van der Waals surface area contributed by atoms with E-state index in [0.717, 1.165) is 0 Å². The Balaban J connectivity index is -0.000000340. The van der Waals surface area contributed by atoms with Crippen LogP contribution in [0.15, 0.2) is 0 Å². The van der Waals surface area contributed by atoms with Crippen molar-refractivity contribution in [2.45, 2.75) is 133 Å². The first-order valence-electron chi connectivity index (χ1n) is 10.1. The zero-order valence-electron chi connectivity index (χ0n) is 21.7. The molecule has 0 bridgehead atoms. The van der Waals surface area contributed by atoms with Crippen LogP contribution in [0.1, 0.15) is 111 Å². The van der Waals surface area contributed by atoms with Crippen LogP contribution in [-0.4, -0.2) is 34.1 Å². The molecule has 5 nitrogen and oxygen atoms in total. The molecule has 0 aliphatic rings. The van der Waals surface area contributed by atoms with Gasteiger partial charge in [0, 0.05) is 23.4 Å². The van der Waals surface area contributed by atoms with Crippen LogP contribution in [0.5, 0.6) is 0 Å². The summed E-state index contributed by atoms with van der Waals surface area (Å²) in [4.78, 5) is 21.7. The Morgan fingerprint density at radius 2 is 0.857 bits per heavy atom. The first kappa shape index (κ1) is 31.6. The van der Waals surface area contributed by atoms with Gasteiger partial charge in [-0.1, -0.05) is 20.8 Å². The van der Waals surface area contributed by atoms with Crippen molar-refractivity contribution in [2.75, 3.05) is 0 Å². The molecule has 0 heterocycles. The molecule has 0 aromatic carbocycles. The number of nitrogens with one attached hydrogen (secondary N) is 2. The number of ether oxygens (including phenoxy) is 1. The average Bonchev–Trinajstić information content (AvgIpc) is 2.16. The van der Waals surface area contributed by atoms with Crippen molar-refractivity contribution in [1.29, 1.82) is 0 Å². The number of carbonyl (C=O) groups is 2. The Morgan fingerprint density at radius 3 is 0.893 bits per heavy atom. The van der Waals surface area contributed by atoms with E-state index in [2.05, 4.69) is 52.2 Å². The molecule has 5 heteroatoms. The zero-order chi connectivity index (χ0) is 23.8. The molecule has 0 rings (SSSR count). The van der Waals surface area contributed by atoms with E-state index in [1.54, 1.807) is 0 Å². The fourth-order valence-corrected chi connectivity index (χ4v) is 1.97. The molecule has 0 radical (unpaired) electrons. The van der Waals surface area contributed by atoms with Crippen LogP contribution in [0.3, 0.4) is 0 Å². The van der Waals surface area contributed by atoms with Crippen molar-refractivity contribution in [3.8, 4) is 0 Å². The van der Waals surface area contributed by atoms with Crippen LogP contribution in [0.2, 0.25) is 0 Å². The third-order valence-corrected chi connectivity index (χ3v) is 2.33. The topological polar surface area (TPSA) is 67.4 Å². The second-order valence-electron chi connectivity index (χ2n) is 12.2. The molecular weight excluding hydrogens is 352 g/mol. The maximum Gasteiger partial charge on any atom is 0.225 e. The number of carbonyl (C=O) groups excluding carboxylic acids is 2. The molecule has 0 saturated heterocycles. The van der Waals surface area contributed by atoms with E-state index < -0.39 is 0 Å². The summed E-state index contributed by atoms with van der Waals surface area (Å²) in [5, 5.41) is 5.66. The predicted octanol–water partition coefficient (Wildman–Crippen LogP) is 5.47. The van der Waals surface area contributed by atoms with Gasteiger partial charge in [-0.05, 0) is 83.1 Å². The first-order valence-corrected chi connectivity index (χ1v) is 10.1. The van der Waals surface area contributed by atoms with Gasteiger partial charge in [0.25, 0.3) is 0 Å². The van der Waals surface area contributed by atoms with Crippen molar-refractivity contribution in [3.63, 3.8) is 0 Å². The maximum atomic E-state index is 11.4. The molecule has 0 spiro atoms. The summed E-state index contributed by atoms with van der Waals surface area (Å²) < 4.78 is 5.62. The minimum absolute atomic E-state index is 0.0156. The molecule has 28 heavy (non-hydrogen) atoms. The number of rotatable bonds is 0. The molecule has 0 aliphatic carbocycles. The van der Waals surface area contributed by atoms with Crippen molar-refractivity contribution >= 4 is 11.8 Å². The van der Waals surface area contributed by atoms with Gasteiger partial charge in [-0.15, -0.1) is 0 Å². The number of hydrogen-bond donors (Lipinski definition) is 2. The lowest BCUT2D eigenvalue weighted by Gasteiger charge is -2.30. The summed E-state index contributed by atoms with van der Waals surface area (Å²) >= 11 is 0. The monoisotopic (exact) mass is 402 g/mol. The smallest absolute Gasteiger partial charge is 0.225 e. The minimum atomic E-state index is -0.284. The summed E-state index contributed by atoms with van der Waals surface area (Å²) in [5.41, 5.74) is -0.514. The molecule has 2 N–H and O–H groups in total. The van der Waals surface area contributed by atoms with Crippen molar-refractivity contribution in [2.24, 2.45) is 5.41 Å². The Bertz CT molecular complexity index is 451. The number of amides is 2. The predicted molar refractivity (Wildman–Crippen MR) is 122 cm³/mol. The van der Waals surface area contributed by atoms with Gasteiger partial charge in [0.15, 0.2) is 0 Å². The Morgan fingerprint density at radius 1 is 0.571 bits per heavy atom. The Labute approximate surface area is 175 Å². The molecule has 0 fully saturated rings. The normalized spacial score (nSPS) is 12.7. The third kappa shape index (κ3) is 32.6. The van der Waals surface area contributed by atoms with Crippen molar-refractivity contribution in [1.82, 2.24) is 10.6 Å². The van der Waals surface area contributed by atoms with E-state index >= 15 is 0 Å². The second-order valence-corrected chi connectivity index (χ2v) is 12.2. The number of hydrogen-bond acceptors (Lipinski definition) is 3. The van der Waals surface area contributed by atoms with E-state index in [0.29, 0.717) is 0 Å². The molecule has 2 amide bonds. The van der Waals surface area contributed by atoms with E-state index in [-0.39, 0.29) is 39.5 Å². The third-order valence-electron chi connectivity index (χ3n) is 2.33. The van der Waals surface area contributed by atoms with E-state index in [4.69, 9.17) is 4.74 Å². The standard InChI is InChI=1S/C9H19NO.C8H18O.C6H13NO/c1-8(2,3)7(11)10-9(4,5)6;1-7(2,3)9-8(4,5)6;1-5(8)7-6(2,3)4/h1-6H3,(H,10,11);1-6H3;1-4H3,(H,7,8).